The van der Waals surface area contributed by atoms with E-state index in [0.717, 1.165) is 19.4 Å². The van der Waals surface area contributed by atoms with Gasteiger partial charge in [-0.15, -0.1) is 0 Å². The summed E-state index contributed by atoms with van der Waals surface area (Å²) in [6, 6.07) is -1.21. The maximum atomic E-state index is 13.6. The second-order valence-corrected chi connectivity index (χ2v) is 10.7. The van der Waals surface area contributed by atoms with Gasteiger partial charge in [0.2, 0.25) is 11.8 Å². The molecule has 0 saturated carbocycles. The van der Waals surface area contributed by atoms with Crippen LogP contribution in [-0.2, 0) is 19.1 Å². The van der Waals surface area contributed by atoms with E-state index in [4.69, 9.17) is 4.74 Å². The second kappa shape index (κ2) is 11.8. The molecule has 1 fully saturated rings. The van der Waals surface area contributed by atoms with Crippen molar-refractivity contribution in [2.45, 2.75) is 86.4 Å². The summed E-state index contributed by atoms with van der Waals surface area (Å²) in [5.74, 6) is -0.0807. The van der Waals surface area contributed by atoms with Crippen LogP contribution in [0.1, 0.15) is 68.2 Å². The summed E-state index contributed by atoms with van der Waals surface area (Å²) >= 11 is 0. The van der Waals surface area contributed by atoms with Gasteiger partial charge in [-0.3, -0.25) is 14.5 Å². The van der Waals surface area contributed by atoms with Crippen molar-refractivity contribution in [3.8, 4) is 0 Å². The number of rotatable bonds is 8. The minimum atomic E-state index is -0.678. The smallest absolute Gasteiger partial charge is 0.333 e. The summed E-state index contributed by atoms with van der Waals surface area (Å²) in [5.41, 5.74) is 0.000687. The number of carbonyl (C=O) groups is 3. The van der Waals surface area contributed by atoms with E-state index in [0.29, 0.717) is 18.1 Å². The number of piperidine rings is 1. The van der Waals surface area contributed by atoms with Crippen molar-refractivity contribution in [1.29, 1.82) is 0 Å². The second-order valence-electron chi connectivity index (χ2n) is 10.7. The van der Waals surface area contributed by atoms with Crippen LogP contribution in [0.15, 0.2) is 11.6 Å². The number of hydrogen-bond acceptors (Lipinski definition) is 5. The van der Waals surface area contributed by atoms with Crippen LogP contribution in [0.2, 0.25) is 0 Å². The summed E-state index contributed by atoms with van der Waals surface area (Å²) < 4.78 is 5.09. The van der Waals surface area contributed by atoms with Crippen molar-refractivity contribution < 1.29 is 19.1 Å². The standard InChI is InChI=1S/C25H45N3O4/c1-11-32-24(31)18(5)15-19(16(2)3)28(10)23(30)21(25(6,7)8)26-22(29)20-14-17(4)12-13-27(20)9/h15-17,19-21H,11-14H2,1-10H3,(H,26,29)/t17?,19-,20?,21-/m1/s1. The molecule has 0 aromatic rings. The average molecular weight is 452 g/mol. The Balaban J connectivity index is 3.12. The molecule has 0 aromatic carbocycles. The van der Waals surface area contributed by atoms with Crippen LogP contribution in [0.25, 0.3) is 0 Å². The molecule has 1 N–H and O–H groups in total. The zero-order valence-corrected chi connectivity index (χ0v) is 21.8. The van der Waals surface area contributed by atoms with E-state index in [1.165, 1.54) is 0 Å². The van der Waals surface area contributed by atoms with Gasteiger partial charge in [-0.1, -0.05) is 47.6 Å². The van der Waals surface area contributed by atoms with Crippen LogP contribution in [-0.4, -0.2) is 73.0 Å². The third kappa shape index (κ3) is 7.61. The van der Waals surface area contributed by atoms with Crippen molar-refractivity contribution in [3.05, 3.63) is 11.6 Å². The fourth-order valence-corrected chi connectivity index (χ4v) is 4.12. The molecule has 7 nitrogen and oxygen atoms in total. The normalized spacial score (nSPS) is 22.3. The lowest BCUT2D eigenvalue weighted by molar-refractivity contribution is -0.142. The van der Waals surface area contributed by atoms with E-state index in [1.54, 1.807) is 31.9 Å². The van der Waals surface area contributed by atoms with E-state index in [-0.39, 0.29) is 35.8 Å². The number of ether oxygens (including phenoxy) is 1. The first-order chi connectivity index (χ1) is 14.7. The Kier molecular flexibility index (Phi) is 10.4. The number of hydrogen-bond donors (Lipinski definition) is 1. The maximum absolute atomic E-state index is 13.6. The van der Waals surface area contributed by atoms with E-state index in [2.05, 4.69) is 17.1 Å². The van der Waals surface area contributed by atoms with E-state index in [9.17, 15) is 14.4 Å². The Morgan fingerprint density at radius 1 is 1.25 bits per heavy atom. The van der Waals surface area contributed by atoms with Gasteiger partial charge in [0.1, 0.15) is 6.04 Å². The molecule has 1 aliphatic rings. The van der Waals surface area contributed by atoms with Crippen molar-refractivity contribution in [3.63, 3.8) is 0 Å². The predicted molar refractivity (Wildman–Crippen MR) is 128 cm³/mol. The van der Waals surface area contributed by atoms with Gasteiger partial charge >= 0.3 is 5.97 Å². The zero-order valence-electron chi connectivity index (χ0n) is 21.8. The zero-order chi connectivity index (χ0) is 24.8. The Hall–Kier alpha value is -1.89. The average Bonchev–Trinajstić information content (AvgIpc) is 2.69. The number of likely N-dealkylation sites (N-methyl/N-ethyl adjacent to an activating group) is 2. The number of amides is 2. The minimum absolute atomic E-state index is 0.0787. The predicted octanol–water partition coefficient (Wildman–Crippen LogP) is 3.24. The molecule has 1 rings (SSSR count). The van der Waals surface area contributed by atoms with Crippen LogP contribution in [0.5, 0.6) is 0 Å². The number of nitrogens with zero attached hydrogens (tertiary/aromatic N) is 2. The molecule has 32 heavy (non-hydrogen) atoms. The SMILES string of the molecule is CCOC(=O)C(C)=C[C@H](C(C)C)N(C)C(=O)[C@@H](NC(=O)C1CC(C)CCN1C)C(C)(C)C. The van der Waals surface area contributed by atoms with Gasteiger partial charge in [0.15, 0.2) is 0 Å². The highest BCUT2D eigenvalue weighted by molar-refractivity contribution is 5.91. The topological polar surface area (TPSA) is 79.0 Å². The van der Waals surface area contributed by atoms with Gasteiger partial charge < -0.3 is 15.0 Å². The first kappa shape index (κ1) is 28.1. The summed E-state index contributed by atoms with van der Waals surface area (Å²) in [5, 5.41) is 3.06. The molecule has 0 bridgehead atoms. The number of esters is 1. The summed E-state index contributed by atoms with van der Waals surface area (Å²) in [6.45, 7) is 16.7. The highest BCUT2D eigenvalue weighted by Crippen LogP contribution is 2.26. The first-order valence-corrected chi connectivity index (χ1v) is 11.8. The molecular formula is C25H45N3O4. The molecule has 1 heterocycles. The van der Waals surface area contributed by atoms with E-state index >= 15 is 0 Å². The summed E-state index contributed by atoms with van der Waals surface area (Å²) in [7, 11) is 3.70. The van der Waals surface area contributed by atoms with E-state index < -0.39 is 11.5 Å². The number of likely N-dealkylation sites (tertiary alicyclic amines) is 1. The Morgan fingerprint density at radius 2 is 1.84 bits per heavy atom. The third-order valence-corrected chi connectivity index (χ3v) is 6.33. The van der Waals surface area contributed by atoms with Gasteiger partial charge in [-0.25, -0.2) is 4.79 Å². The molecule has 2 amide bonds. The molecule has 184 valence electrons. The van der Waals surface area contributed by atoms with Crippen LogP contribution in [0.4, 0.5) is 0 Å². The third-order valence-electron chi connectivity index (χ3n) is 6.33. The van der Waals surface area contributed by atoms with Gasteiger partial charge in [0, 0.05) is 12.6 Å². The molecule has 0 spiro atoms. The van der Waals surface area contributed by atoms with Gasteiger partial charge in [0.05, 0.1) is 18.7 Å². The lowest BCUT2D eigenvalue weighted by atomic mass is 9.84. The maximum Gasteiger partial charge on any atom is 0.333 e. The largest absolute Gasteiger partial charge is 0.463 e. The van der Waals surface area contributed by atoms with Crippen LogP contribution in [0, 0.1) is 17.3 Å². The van der Waals surface area contributed by atoms with Gasteiger partial charge in [-0.2, -0.15) is 0 Å². The summed E-state index contributed by atoms with van der Waals surface area (Å²) in [6.07, 6.45) is 3.66. The molecule has 7 heteroatoms. The van der Waals surface area contributed by atoms with Crippen LogP contribution < -0.4 is 5.32 Å². The molecular weight excluding hydrogens is 406 g/mol. The highest BCUT2D eigenvalue weighted by atomic mass is 16.5. The molecule has 0 radical (unpaired) electrons. The fraction of sp³-hybridized carbons (Fsp3) is 0.800. The van der Waals surface area contributed by atoms with Crippen molar-refractivity contribution in [2.75, 3.05) is 27.2 Å². The van der Waals surface area contributed by atoms with E-state index in [1.807, 2.05) is 41.7 Å². The van der Waals surface area contributed by atoms with Crippen LogP contribution in [0.3, 0.4) is 0 Å². The molecule has 4 atom stereocenters. The highest BCUT2D eigenvalue weighted by Gasteiger charge is 2.39. The lowest BCUT2D eigenvalue weighted by Gasteiger charge is -2.40. The molecule has 0 aromatic heterocycles. The lowest BCUT2D eigenvalue weighted by Crippen LogP contribution is -2.60. The fourth-order valence-electron chi connectivity index (χ4n) is 4.12. The Morgan fingerprint density at radius 3 is 2.34 bits per heavy atom. The molecule has 0 aliphatic carbocycles. The number of carbonyl (C=O) groups excluding carboxylic acids is 3. The Bertz CT molecular complexity index is 696. The van der Waals surface area contributed by atoms with Crippen LogP contribution >= 0.6 is 0 Å². The summed E-state index contributed by atoms with van der Waals surface area (Å²) in [4.78, 5) is 42.6. The molecule has 1 aliphatic heterocycles. The number of nitrogens with one attached hydrogen (secondary N) is 1. The minimum Gasteiger partial charge on any atom is -0.463 e. The van der Waals surface area contributed by atoms with Gasteiger partial charge in [-0.05, 0) is 57.5 Å². The van der Waals surface area contributed by atoms with Gasteiger partial charge in [0.25, 0.3) is 0 Å². The quantitative estimate of drug-likeness (QED) is 0.453. The van der Waals surface area contributed by atoms with Crippen molar-refractivity contribution in [1.82, 2.24) is 15.1 Å². The Labute approximate surface area is 194 Å². The first-order valence-electron chi connectivity index (χ1n) is 11.8. The molecule has 2 unspecified atom stereocenters. The van der Waals surface area contributed by atoms with Crippen molar-refractivity contribution in [2.24, 2.45) is 17.3 Å². The van der Waals surface area contributed by atoms with Crippen molar-refractivity contribution >= 4 is 17.8 Å². The molecule has 1 saturated heterocycles. The monoisotopic (exact) mass is 451 g/mol.